The number of amides is 1. The summed E-state index contributed by atoms with van der Waals surface area (Å²) >= 11 is 2.91. The first kappa shape index (κ1) is 12.7. The number of carbonyl (C=O) groups is 2. The van der Waals surface area contributed by atoms with E-state index in [4.69, 9.17) is 5.11 Å². The Bertz CT molecular complexity index is 563. The molecule has 2 heterocycles. The molecule has 2 aromatic rings. The van der Waals surface area contributed by atoms with Gasteiger partial charge in [-0.1, -0.05) is 0 Å². The Morgan fingerprint density at radius 1 is 1.44 bits per heavy atom. The molecule has 94 valence electrons. The van der Waals surface area contributed by atoms with E-state index >= 15 is 0 Å². The van der Waals surface area contributed by atoms with Crippen molar-refractivity contribution in [1.29, 1.82) is 0 Å². The third-order valence-corrected chi connectivity index (χ3v) is 3.80. The standard InChI is InChI=1S/C11H10N2O3S2/c1-6(11(15)16)12-9(14)8-5-18-10(13-8)7-2-3-17-4-7/h2-6H,1H3,(H,12,14)(H,15,16). The highest BCUT2D eigenvalue weighted by Gasteiger charge is 2.17. The van der Waals surface area contributed by atoms with Crippen LogP contribution >= 0.6 is 22.7 Å². The number of carbonyl (C=O) groups excluding carboxylic acids is 1. The first-order valence-electron chi connectivity index (χ1n) is 5.09. The zero-order valence-corrected chi connectivity index (χ0v) is 11.0. The van der Waals surface area contributed by atoms with Gasteiger partial charge < -0.3 is 10.4 Å². The SMILES string of the molecule is CC(NC(=O)c1csc(-c2ccsc2)n1)C(=O)O. The summed E-state index contributed by atoms with van der Waals surface area (Å²) in [6.45, 7) is 1.41. The van der Waals surface area contributed by atoms with E-state index < -0.39 is 17.9 Å². The summed E-state index contributed by atoms with van der Waals surface area (Å²) in [5.41, 5.74) is 1.21. The van der Waals surface area contributed by atoms with E-state index in [0.29, 0.717) is 0 Å². The number of rotatable bonds is 4. The van der Waals surface area contributed by atoms with Gasteiger partial charge >= 0.3 is 5.97 Å². The van der Waals surface area contributed by atoms with Gasteiger partial charge in [-0.3, -0.25) is 9.59 Å². The van der Waals surface area contributed by atoms with Crippen LogP contribution in [-0.4, -0.2) is 28.0 Å². The van der Waals surface area contributed by atoms with Crippen LogP contribution in [0.5, 0.6) is 0 Å². The van der Waals surface area contributed by atoms with Crippen molar-refractivity contribution in [2.24, 2.45) is 0 Å². The molecule has 5 nitrogen and oxygen atoms in total. The number of thiazole rings is 1. The second-order valence-electron chi connectivity index (χ2n) is 3.58. The van der Waals surface area contributed by atoms with Gasteiger partial charge in [0.1, 0.15) is 16.7 Å². The van der Waals surface area contributed by atoms with Crippen LogP contribution in [0.3, 0.4) is 0 Å². The average molecular weight is 282 g/mol. The number of carboxylic acid groups (broad SMARTS) is 1. The van der Waals surface area contributed by atoms with Crippen LogP contribution in [0.2, 0.25) is 0 Å². The van der Waals surface area contributed by atoms with Crippen LogP contribution in [0, 0.1) is 0 Å². The maximum atomic E-state index is 11.7. The lowest BCUT2D eigenvalue weighted by atomic mass is 10.3. The fourth-order valence-electron chi connectivity index (χ4n) is 1.23. The van der Waals surface area contributed by atoms with E-state index in [1.807, 2.05) is 16.8 Å². The van der Waals surface area contributed by atoms with Crippen molar-refractivity contribution in [3.05, 3.63) is 27.9 Å². The number of thiophene rings is 1. The molecule has 2 N–H and O–H groups in total. The van der Waals surface area contributed by atoms with Gasteiger partial charge in [0, 0.05) is 16.3 Å². The van der Waals surface area contributed by atoms with E-state index in [9.17, 15) is 9.59 Å². The Balaban J connectivity index is 2.11. The molecule has 0 aliphatic rings. The van der Waals surface area contributed by atoms with Crippen LogP contribution in [0.15, 0.2) is 22.2 Å². The second kappa shape index (κ2) is 5.28. The first-order chi connectivity index (χ1) is 8.58. The van der Waals surface area contributed by atoms with Crippen molar-refractivity contribution in [2.45, 2.75) is 13.0 Å². The Kier molecular flexibility index (Phi) is 3.73. The number of nitrogens with zero attached hydrogens (tertiary/aromatic N) is 1. The first-order valence-corrected chi connectivity index (χ1v) is 6.92. The van der Waals surface area contributed by atoms with E-state index in [1.54, 1.807) is 16.7 Å². The minimum Gasteiger partial charge on any atom is -0.480 e. The number of aliphatic carboxylic acids is 1. The van der Waals surface area contributed by atoms with Crippen molar-refractivity contribution < 1.29 is 14.7 Å². The lowest BCUT2D eigenvalue weighted by Crippen LogP contribution is -2.38. The number of nitrogens with one attached hydrogen (secondary N) is 1. The van der Waals surface area contributed by atoms with Crippen molar-refractivity contribution >= 4 is 34.6 Å². The van der Waals surface area contributed by atoms with Crippen LogP contribution < -0.4 is 5.32 Å². The number of aromatic nitrogens is 1. The predicted octanol–water partition coefficient (Wildman–Crippen LogP) is 2.07. The number of carboxylic acids is 1. The minimum atomic E-state index is -1.07. The van der Waals surface area contributed by atoms with Crippen molar-refractivity contribution in [1.82, 2.24) is 10.3 Å². The molecule has 2 rings (SSSR count). The molecule has 0 saturated carbocycles. The van der Waals surface area contributed by atoms with Gasteiger partial charge in [0.15, 0.2) is 0 Å². The molecule has 0 aliphatic heterocycles. The van der Waals surface area contributed by atoms with E-state index in [-0.39, 0.29) is 5.69 Å². The zero-order chi connectivity index (χ0) is 13.1. The maximum absolute atomic E-state index is 11.7. The van der Waals surface area contributed by atoms with Crippen molar-refractivity contribution in [2.75, 3.05) is 0 Å². The second-order valence-corrected chi connectivity index (χ2v) is 5.22. The molecule has 1 amide bonds. The summed E-state index contributed by atoms with van der Waals surface area (Å²) in [4.78, 5) is 26.5. The van der Waals surface area contributed by atoms with Crippen LogP contribution in [-0.2, 0) is 4.79 Å². The lowest BCUT2D eigenvalue weighted by molar-refractivity contribution is -0.138. The molecule has 0 aliphatic carbocycles. The van der Waals surface area contributed by atoms with Crippen molar-refractivity contribution in [3.63, 3.8) is 0 Å². The maximum Gasteiger partial charge on any atom is 0.325 e. The smallest absolute Gasteiger partial charge is 0.325 e. The van der Waals surface area contributed by atoms with Crippen LogP contribution in [0.1, 0.15) is 17.4 Å². The Hall–Kier alpha value is -1.73. The molecule has 1 unspecified atom stereocenters. The van der Waals surface area contributed by atoms with Crippen LogP contribution in [0.25, 0.3) is 10.6 Å². The molecule has 0 saturated heterocycles. The van der Waals surface area contributed by atoms with E-state index in [1.165, 1.54) is 18.3 Å². The lowest BCUT2D eigenvalue weighted by Gasteiger charge is -2.06. The topological polar surface area (TPSA) is 79.3 Å². The summed E-state index contributed by atoms with van der Waals surface area (Å²) in [6, 6.07) is 0.995. The molecule has 0 spiro atoms. The number of hydrogen-bond acceptors (Lipinski definition) is 5. The Labute approximate surface area is 111 Å². The Morgan fingerprint density at radius 2 is 2.22 bits per heavy atom. The molecule has 0 fully saturated rings. The molecule has 0 aromatic carbocycles. The van der Waals surface area contributed by atoms with Gasteiger partial charge in [-0.25, -0.2) is 4.98 Å². The molecule has 18 heavy (non-hydrogen) atoms. The Morgan fingerprint density at radius 3 is 2.83 bits per heavy atom. The molecule has 7 heteroatoms. The third kappa shape index (κ3) is 2.74. The van der Waals surface area contributed by atoms with Gasteiger partial charge in [0.25, 0.3) is 5.91 Å². The molecule has 2 aromatic heterocycles. The highest BCUT2D eigenvalue weighted by Crippen LogP contribution is 2.25. The number of hydrogen-bond donors (Lipinski definition) is 2. The van der Waals surface area contributed by atoms with Crippen LogP contribution in [0.4, 0.5) is 0 Å². The van der Waals surface area contributed by atoms with Gasteiger partial charge in [0.05, 0.1) is 0 Å². The largest absolute Gasteiger partial charge is 0.480 e. The van der Waals surface area contributed by atoms with Gasteiger partial charge in [-0.2, -0.15) is 11.3 Å². The van der Waals surface area contributed by atoms with E-state index in [0.717, 1.165) is 10.6 Å². The summed E-state index contributed by atoms with van der Waals surface area (Å²) in [5, 5.41) is 17.3. The summed E-state index contributed by atoms with van der Waals surface area (Å²) < 4.78 is 0. The van der Waals surface area contributed by atoms with E-state index in [2.05, 4.69) is 10.3 Å². The van der Waals surface area contributed by atoms with Gasteiger partial charge in [-0.15, -0.1) is 11.3 Å². The molecule has 0 radical (unpaired) electrons. The fraction of sp³-hybridized carbons (Fsp3) is 0.182. The molecular weight excluding hydrogens is 272 g/mol. The molecule has 1 atom stereocenters. The molecular formula is C11H10N2O3S2. The fourth-order valence-corrected chi connectivity index (χ4v) is 2.74. The quantitative estimate of drug-likeness (QED) is 0.899. The third-order valence-electron chi connectivity index (χ3n) is 2.22. The summed E-state index contributed by atoms with van der Waals surface area (Å²) in [5.74, 6) is -1.54. The summed E-state index contributed by atoms with van der Waals surface area (Å²) in [6.07, 6.45) is 0. The normalized spacial score (nSPS) is 12.1. The summed E-state index contributed by atoms with van der Waals surface area (Å²) in [7, 11) is 0. The molecule has 0 bridgehead atoms. The monoisotopic (exact) mass is 282 g/mol. The van der Waals surface area contributed by atoms with Gasteiger partial charge in [0.2, 0.25) is 0 Å². The minimum absolute atomic E-state index is 0.245. The highest BCUT2D eigenvalue weighted by atomic mass is 32.1. The highest BCUT2D eigenvalue weighted by molar-refractivity contribution is 7.14. The zero-order valence-electron chi connectivity index (χ0n) is 9.41. The predicted molar refractivity (Wildman–Crippen MR) is 70.0 cm³/mol. The van der Waals surface area contributed by atoms with Gasteiger partial charge in [-0.05, 0) is 18.4 Å². The van der Waals surface area contributed by atoms with Crippen molar-refractivity contribution in [3.8, 4) is 10.6 Å². The average Bonchev–Trinajstić information content (AvgIpc) is 2.99.